The van der Waals surface area contributed by atoms with Crippen LogP contribution in [0.3, 0.4) is 0 Å². The number of rotatable bonds is 5. The lowest BCUT2D eigenvalue weighted by Gasteiger charge is -2.28. The highest BCUT2D eigenvalue weighted by molar-refractivity contribution is 6.05. The van der Waals surface area contributed by atoms with Gasteiger partial charge in [-0.3, -0.25) is 9.78 Å². The summed E-state index contributed by atoms with van der Waals surface area (Å²) in [6.07, 6.45) is 3.27. The number of carbonyl (C=O) groups is 1. The zero-order valence-electron chi connectivity index (χ0n) is 18.2. The summed E-state index contributed by atoms with van der Waals surface area (Å²) in [6.45, 7) is 1.87. The number of benzene rings is 2. The first-order chi connectivity index (χ1) is 16.1. The van der Waals surface area contributed by atoms with E-state index in [1.807, 2.05) is 61.5 Å². The summed E-state index contributed by atoms with van der Waals surface area (Å²) in [6, 6.07) is 20.5. The van der Waals surface area contributed by atoms with E-state index in [1.165, 1.54) is 0 Å². The van der Waals surface area contributed by atoms with Gasteiger partial charge in [0.25, 0.3) is 5.91 Å². The molecule has 1 atom stereocenters. The highest BCUT2D eigenvalue weighted by Gasteiger charge is 2.34. The minimum absolute atomic E-state index is 0.240. The maximum absolute atomic E-state index is 13.4. The van der Waals surface area contributed by atoms with Gasteiger partial charge in [0.15, 0.2) is 5.82 Å². The first-order valence-corrected chi connectivity index (χ1v) is 10.5. The second kappa shape index (κ2) is 8.58. The van der Waals surface area contributed by atoms with Gasteiger partial charge in [0.05, 0.1) is 24.6 Å². The summed E-state index contributed by atoms with van der Waals surface area (Å²) in [5.74, 6) is 1.65. The average molecular weight is 438 g/mol. The number of hydrogen-bond donors (Lipinski definition) is 2. The van der Waals surface area contributed by atoms with Crippen molar-refractivity contribution in [2.75, 3.05) is 17.7 Å². The molecule has 0 saturated heterocycles. The summed E-state index contributed by atoms with van der Waals surface area (Å²) in [4.78, 5) is 22.2. The van der Waals surface area contributed by atoms with E-state index in [4.69, 9.17) is 14.8 Å². The SMILES string of the molecule is COc1ccc(C2C(C(=O)Nc3cccnc3)=C(C)Nc3nc(-c4ccccc4)nn32)cc1. The van der Waals surface area contributed by atoms with Crippen LogP contribution in [0.2, 0.25) is 0 Å². The van der Waals surface area contributed by atoms with Gasteiger partial charge in [-0.05, 0) is 36.8 Å². The Labute approximate surface area is 191 Å². The Hall–Kier alpha value is -4.46. The monoisotopic (exact) mass is 438 g/mol. The van der Waals surface area contributed by atoms with Gasteiger partial charge < -0.3 is 15.4 Å². The molecule has 1 unspecified atom stereocenters. The number of ether oxygens (including phenoxy) is 1. The summed E-state index contributed by atoms with van der Waals surface area (Å²) in [5, 5.41) is 11.0. The predicted octanol–water partition coefficient (Wildman–Crippen LogP) is 4.28. The highest BCUT2D eigenvalue weighted by atomic mass is 16.5. The topological polar surface area (TPSA) is 94.0 Å². The van der Waals surface area contributed by atoms with Crippen molar-refractivity contribution >= 4 is 17.5 Å². The van der Waals surface area contributed by atoms with Gasteiger partial charge in [0, 0.05) is 17.5 Å². The molecule has 5 rings (SSSR count). The molecule has 0 fully saturated rings. The van der Waals surface area contributed by atoms with Gasteiger partial charge in [0.1, 0.15) is 11.8 Å². The summed E-state index contributed by atoms with van der Waals surface area (Å²) < 4.78 is 7.08. The van der Waals surface area contributed by atoms with E-state index >= 15 is 0 Å². The molecule has 2 aromatic carbocycles. The molecular formula is C25H22N6O2. The summed E-state index contributed by atoms with van der Waals surface area (Å²) in [5.41, 5.74) is 3.65. The molecule has 0 radical (unpaired) electrons. The maximum atomic E-state index is 13.4. The number of hydrogen-bond acceptors (Lipinski definition) is 6. The largest absolute Gasteiger partial charge is 0.497 e. The molecule has 3 heterocycles. The van der Waals surface area contributed by atoms with Crippen molar-refractivity contribution in [1.82, 2.24) is 19.7 Å². The third-order valence-electron chi connectivity index (χ3n) is 5.48. The second-order valence-corrected chi connectivity index (χ2v) is 7.60. The van der Waals surface area contributed by atoms with Gasteiger partial charge in [-0.1, -0.05) is 42.5 Å². The van der Waals surface area contributed by atoms with Crippen LogP contribution in [0.4, 0.5) is 11.6 Å². The van der Waals surface area contributed by atoms with E-state index in [1.54, 1.807) is 36.3 Å². The van der Waals surface area contributed by atoms with Crippen molar-refractivity contribution in [3.63, 3.8) is 0 Å². The van der Waals surface area contributed by atoms with Gasteiger partial charge in [-0.25, -0.2) is 4.68 Å². The number of aromatic nitrogens is 4. The minimum atomic E-state index is -0.478. The van der Waals surface area contributed by atoms with Crippen LogP contribution in [0.25, 0.3) is 11.4 Å². The fourth-order valence-corrected chi connectivity index (χ4v) is 3.88. The zero-order valence-corrected chi connectivity index (χ0v) is 18.2. The Morgan fingerprint density at radius 3 is 2.55 bits per heavy atom. The average Bonchev–Trinajstić information content (AvgIpc) is 3.28. The van der Waals surface area contributed by atoms with E-state index in [9.17, 15) is 4.79 Å². The number of allylic oxidation sites excluding steroid dienone is 1. The van der Waals surface area contributed by atoms with Crippen LogP contribution >= 0.6 is 0 Å². The third-order valence-corrected chi connectivity index (χ3v) is 5.48. The molecule has 1 amide bonds. The smallest absolute Gasteiger partial charge is 0.255 e. The number of fused-ring (bicyclic) bond motifs is 1. The van der Waals surface area contributed by atoms with Crippen molar-refractivity contribution in [3.8, 4) is 17.1 Å². The normalized spacial score (nSPS) is 14.9. The minimum Gasteiger partial charge on any atom is -0.497 e. The van der Waals surface area contributed by atoms with Crippen LogP contribution < -0.4 is 15.4 Å². The highest BCUT2D eigenvalue weighted by Crippen LogP contribution is 2.37. The lowest BCUT2D eigenvalue weighted by atomic mass is 9.95. The fraction of sp³-hybridized carbons (Fsp3) is 0.120. The quantitative estimate of drug-likeness (QED) is 0.483. The van der Waals surface area contributed by atoms with Crippen molar-refractivity contribution in [2.24, 2.45) is 0 Å². The standard InChI is InChI=1S/C25H22N6O2/c1-16-21(24(32)28-19-9-6-14-26-15-19)22(17-10-12-20(33-2)13-11-17)31-25(27-16)29-23(30-31)18-7-4-3-5-8-18/h3-15,22H,1-2H3,(H,28,32)(H,27,29,30). The molecule has 33 heavy (non-hydrogen) atoms. The number of pyridine rings is 1. The van der Waals surface area contributed by atoms with Gasteiger partial charge in [-0.15, -0.1) is 5.10 Å². The molecule has 4 aromatic rings. The Morgan fingerprint density at radius 1 is 1.06 bits per heavy atom. The molecular weight excluding hydrogens is 416 g/mol. The number of nitrogens with one attached hydrogen (secondary N) is 2. The van der Waals surface area contributed by atoms with Crippen LogP contribution in [-0.4, -0.2) is 32.8 Å². The zero-order chi connectivity index (χ0) is 22.8. The van der Waals surface area contributed by atoms with E-state index in [2.05, 4.69) is 15.6 Å². The van der Waals surface area contributed by atoms with Crippen molar-refractivity contribution in [3.05, 3.63) is 96.0 Å². The van der Waals surface area contributed by atoms with Crippen LogP contribution in [0.5, 0.6) is 5.75 Å². The van der Waals surface area contributed by atoms with Crippen LogP contribution in [0.1, 0.15) is 18.5 Å². The lowest BCUT2D eigenvalue weighted by molar-refractivity contribution is -0.113. The van der Waals surface area contributed by atoms with Gasteiger partial charge in [0.2, 0.25) is 5.95 Å². The number of methoxy groups -OCH3 is 1. The first-order valence-electron chi connectivity index (χ1n) is 10.5. The van der Waals surface area contributed by atoms with E-state index in [0.29, 0.717) is 28.7 Å². The third kappa shape index (κ3) is 3.94. The summed E-state index contributed by atoms with van der Waals surface area (Å²) >= 11 is 0. The molecule has 164 valence electrons. The van der Waals surface area contributed by atoms with Crippen molar-refractivity contribution < 1.29 is 9.53 Å². The van der Waals surface area contributed by atoms with E-state index in [0.717, 1.165) is 16.9 Å². The Morgan fingerprint density at radius 2 is 1.85 bits per heavy atom. The second-order valence-electron chi connectivity index (χ2n) is 7.60. The van der Waals surface area contributed by atoms with Gasteiger partial charge >= 0.3 is 0 Å². The molecule has 0 bridgehead atoms. The molecule has 0 saturated carbocycles. The number of nitrogens with zero attached hydrogens (tertiary/aromatic N) is 4. The molecule has 2 aromatic heterocycles. The van der Waals surface area contributed by atoms with Crippen LogP contribution in [-0.2, 0) is 4.79 Å². The predicted molar refractivity (Wildman–Crippen MR) is 126 cm³/mol. The molecule has 1 aliphatic rings. The molecule has 8 heteroatoms. The fourth-order valence-electron chi connectivity index (χ4n) is 3.88. The molecule has 8 nitrogen and oxygen atoms in total. The maximum Gasteiger partial charge on any atom is 0.255 e. The van der Waals surface area contributed by atoms with Crippen molar-refractivity contribution in [1.29, 1.82) is 0 Å². The Kier molecular flexibility index (Phi) is 5.32. The van der Waals surface area contributed by atoms with Gasteiger partial charge in [-0.2, -0.15) is 4.98 Å². The molecule has 2 N–H and O–H groups in total. The van der Waals surface area contributed by atoms with Crippen LogP contribution in [0.15, 0.2) is 90.4 Å². The first kappa shape index (κ1) is 20.4. The van der Waals surface area contributed by atoms with Crippen LogP contribution in [0, 0.1) is 0 Å². The molecule has 1 aliphatic heterocycles. The van der Waals surface area contributed by atoms with E-state index < -0.39 is 6.04 Å². The van der Waals surface area contributed by atoms with E-state index in [-0.39, 0.29) is 5.91 Å². The molecule has 0 aliphatic carbocycles. The lowest BCUT2D eigenvalue weighted by Crippen LogP contribution is -2.31. The van der Waals surface area contributed by atoms with Crippen molar-refractivity contribution in [2.45, 2.75) is 13.0 Å². The Balaban J connectivity index is 1.60. The summed E-state index contributed by atoms with van der Waals surface area (Å²) in [7, 11) is 1.62. The Bertz CT molecular complexity index is 1310. The number of amides is 1. The number of carbonyl (C=O) groups excluding carboxylic acids is 1. The molecule has 0 spiro atoms. The number of anilines is 2.